The van der Waals surface area contributed by atoms with Gasteiger partial charge in [0.2, 0.25) is 0 Å². The Balaban J connectivity index is 1.91. The van der Waals surface area contributed by atoms with E-state index < -0.39 is 0 Å². The number of nitro groups is 1. The molecule has 0 fully saturated rings. The number of aryl methyl sites for hydroxylation is 2. The van der Waals surface area contributed by atoms with Crippen LogP contribution in [0.3, 0.4) is 0 Å². The average Bonchev–Trinajstić information content (AvgIpc) is 2.83. The number of nitro benzene ring substituents is 1. The number of nitrogens with one attached hydrogen (secondary N) is 1. The molecule has 0 radical (unpaired) electrons. The first-order valence-electron chi connectivity index (χ1n) is 7.16. The van der Waals surface area contributed by atoms with Gasteiger partial charge in [0.15, 0.2) is 0 Å². The molecule has 4 heteroatoms. The molecule has 0 heterocycles. The lowest BCUT2D eigenvalue weighted by Crippen LogP contribution is -2.09. The van der Waals surface area contributed by atoms with Crippen LogP contribution in [-0.4, -0.2) is 4.92 Å². The predicted octanol–water partition coefficient (Wildman–Crippen LogP) is 4.31. The first-order chi connectivity index (χ1) is 10.1. The van der Waals surface area contributed by atoms with Gasteiger partial charge in [-0.25, -0.2) is 0 Å². The molecule has 21 heavy (non-hydrogen) atoms. The Hall–Kier alpha value is -2.36. The van der Waals surface area contributed by atoms with E-state index in [9.17, 15) is 10.1 Å². The summed E-state index contributed by atoms with van der Waals surface area (Å²) in [5, 5.41) is 14.5. The lowest BCUT2D eigenvalue weighted by Gasteiger charge is -2.17. The third kappa shape index (κ3) is 2.49. The van der Waals surface area contributed by atoms with Crippen molar-refractivity contribution in [2.45, 2.75) is 32.7 Å². The fourth-order valence-electron chi connectivity index (χ4n) is 3.04. The van der Waals surface area contributed by atoms with Crippen LogP contribution >= 0.6 is 0 Å². The lowest BCUT2D eigenvalue weighted by atomic mass is 10.0. The summed E-state index contributed by atoms with van der Waals surface area (Å²) in [4.78, 5) is 10.7. The highest BCUT2D eigenvalue weighted by atomic mass is 16.6. The summed E-state index contributed by atoms with van der Waals surface area (Å²) in [5.74, 6) is 0. The summed E-state index contributed by atoms with van der Waals surface area (Å²) >= 11 is 0. The van der Waals surface area contributed by atoms with Gasteiger partial charge in [-0.15, -0.1) is 0 Å². The van der Waals surface area contributed by atoms with Crippen molar-refractivity contribution in [2.24, 2.45) is 0 Å². The number of rotatable bonds is 3. The molecule has 0 spiro atoms. The summed E-state index contributed by atoms with van der Waals surface area (Å²) < 4.78 is 0. The zero-order valence-electron chi connectivity index (χ0n) is 12.2. The van der Waals surface area contributed by atoms with Crippen LogP contribution in [0.2, 0.25) is 0 Å². The molecule has 1 aliphatic rings. The molecule has 4 nitrogen and oxygen atoms in total. The quantitative estimate of drug-likeness (QED) is 0.674. The Morgan fingerprint density at radius 3 is 2.81 bits per heavy atom. The minimum Gasteiger partial charge on any atom is -0.378 e. The maximum atomic E-state index is 11.0. The largest absolute Gasteiger partial charge is 0.378 e. The Morgan fingerprint density at radius 1 is 1.24 bits per heavy atom. The summed E-state index contributed by atoms with van der Waals surface area (Å²) in [5.41, 5.74) is 5.66. The number of nitrogens with zero attached hydrogens (tertiary/aromatic N) is 1. The molecule has 1 atom stereocenters. The van der Waals surface area contributed by atoms with Crippen molar-refractivity contribution in [1.29, 1.82) is 0 Å². The van der Waals surface area contributed by atoms with Gasteiger partial charge in [0.05, 0.1) is 11.0 Å². The number of fused-ring (bicyclic) bond motifs is 1. The molecular formula is C17H18N2O2. The minimum absolute atomic E-state index is 0.169. The van der Waals surface area contributed by atoms with Gasteiger partial charge in [0.1, 0.15) is 0 Å². The standard InChI is InChI=1S/C17H18N2O2/c1-11-6-7-13-8-9-16(14(13)10-11)18-15-4-3-5-17(12(15)2)19(20)21/h3-7,10,16,18H,8-9H2,1-2H3. The molecule has 1 unspecified atom stereocenters. The molecule has 1 N–H and O–H groups in total. The number of anilines is 1. The van der Waals surface area contributed by atoms with Gasteiger partial charge >= 0.3 is 0 Å². The first kappa shape index (κ1) is 13.6. The van der Waals surface area contributed by atoms with Gasteiger partial charge in [-0.3, -0.25) is 10.1 Å². The van der Waals surface area contributed by atoms with Crippen molar-refractivity contribution in [3.63, 3.8) is 0 Å². The molecule has 1 aliphatic carbocycles. The summed E-state index contributed by atoms with van der Waals surface area (Å²) in [6, 6.07) is 12.0. The Kier molecular flexibility index (Phi) is 3.37. The van der Waals surface area contributed by atoms with Crippen molar-refractivity contribution in [2.75, 3.05) is 5.32 Å². The minimum atomic E-state index is -0.326. The molecule has 0 amide bonds. The topological polar surface area (TPSA) is 55.2 Å². The van der Waals surface area contributed by atoms with Crippen LogP contribution in [0.1, 0.15) is 34.7 Å². The van der Waals surface area contributed by atoms with E-state index in [4.69, 9.17) is 0 Å². The molecule has 2 aromatic rings. The smallest absolute Gasteiger partial charge is 0.274 e. The fraction of sp³-hybridized carbons (Fsp3) is 0.294. The van der Waals surface area contributed by atoms with Crippen molar-refractivity contribution in [3.05, 3.63) is 68.8 Å². The molecule has 2 aromatic carbocycles. The third-order valence-electron chi connectivity index (χ3n) is 4.21. The predicted molar refractivity (Wildman–Crippen MR) is 83.7 cm³/mol. The zero-order chi connectivity index (χ0) is 15.0. The van der Waals surface area contributed by atoms with E-state index in [2.05, 4.69) is 30.4 Å². The normalized spacial score (nSPS) is 16.6. The van der Waals surface area contributed by atoms with Gasteiger partial charge in [0.25, 0.3) is 5.69 Å². The summed E-state index contributed by atoms with van der Waals surface area (Å²) in [6.07, 6.45) is 2.09. The van der Waals surface area contributed by atoms with E-state index in [0.717, 1.165) is 18.5 Å². The lowest BCUT2D eigenvalue weighted by molar-refractivity contribution is -0.385. The van der Waals surface area contributed by atoms with Gasteiger partial charge in [-0.05, 0) is 43.9 Å². The van der Waals surface area contributed by atoms with E-state index >= 15 is 0 Å². The molecule has 0 aromatic heterocycles. The molecule has 3 rings (SSSR count). The molecule has 0 bridgehead atoms. The van der Waals surface area contributed by atoms with Crippen LogP contribution in [0.5, 0.6) is 0 Å². The van der Waals surface area contributed by atoms with Gasteiger partial charge in [-0.2, -0.15) is 0 Å². The van der Waals surface area contributed by atoms with E-state index in [1.165, 1.54) is 16.7 Å². The second kappa shape index (κ2) is 5.20. The van der Waals surface area contributed by atoms with Crippen molar-refractivity contribution in [3.8, 4) is 0 Å². The number of hydrogen-bond acceptors (Lipinski definition) is 3. The van der Waals surface area contributed by atoms with E-state index in [1.807, 2.05) is 6.07 Å². The fourth-order valence-corrected chi connectivity index (χ4v) is 3.04. The number of hydrogen-bond donors (Lipinski definition) is 1. The van der Waals surface area contributed by atoms with Gasteiger partial charge in [0, 0.05) is 17.3 Å². The van der Waals surface area contributed by atoms with Crippen molar-refractivity contribution < 1.29 is 4.92 Å². The van der Waals surface area contributed by atoms with Gasteiger partial charge < -0.3 is 5.32 Å². The first-order valence-corrected chi connectivity index (χ1v) is 7.16. The highest BCUT2D eigenvalue weighted by Crippen LogP contribution is 2.36. The Labute approximate surface area is 124 Å². The SMILES string of the molecule is Cc1ccc2c(c1)C(Nc1cccc([N+](=O)[O-])c1C)CC2. The van der Waals surface area contributed by atoms with Crippen LogP contribution in [0, 0.1) is 24.0 Å². The highest BCUT2D eigenvalue weighted by Gasteiger charge is 2.23. The van der Waals surface area contributed by atoms with Gasteiger partial charge in [-0.1, -0.05) is 29.8 Å². The molecular weight excluding hydrogens is 264 g/mol. The van der Waals surface area contributed by atoms with Crippen molar-refractivity contribution in [1.82, 2.24) is 0 Å². The van der Waals surface area contributed by atoms with Crippen molar-refractivity contribution >= 4 is 11.4 Å². The van der Waals surface area contributed by atoms with Crippen LogP contribution in [0.25, 0.3) is 0 Å². The molecule has 0 saturated heterocycles. The van der Waals surface area contributed by atoms with Crippen LogP contribution < -0.4 is 5.32 Å². The summed E-state index contributed by atoms with van der Waals surface area (Å²) in [7, 11) is 0. The van der Waals surface area contributed by atoms with E-state index in [1.54, 1.807) is 19.1 Å². The molecule has 0 saturated carbocycles. The summed E-state index contributed by atoms with van der Waals surface area (Å²) in [6.45, 7) is 3.89. The maximum absolute atomic E-state index is 11.0. The second-order valence-corrected chi connectivity index (χ2v) is 5.64. The second-order valence-electron chi connectivity index (χ2n) is 5.64. The van der Waals surface area contributed by atoms with E-state index in [-0.39, 0.29) is 16.7 Å². The van der Waals surface area contributed by atoms with Crippen LogP contribution in [0.15, 0.2) is 36.4 Å². The highest BCUT2D eigenvalue weighted by molar-refractivity contribution is 5.61. The monoisotopic (exact) mass is 282 g/mol. The maximum Gasteiger partial charge on any atom is 0.274 e. The zero-order valence-corrected chi connectivity index (χ0v) is 12.2. The molecule has 108 valence electrons. The average molecular weight is 282 g/mol. The third-order valence-corrected chi connectivity index (χ3v) is 4.21. The molecule has 0 aliphatic heterocycles. The van der Waals surface area contributed by atoms with Crippen LogP contribution in [-0.2, 0) is 6.42 Å². The van der Waals surface area contributed by atoms with Crippen LogP contribution in [0.4, 0.5) is 11.4 Å². The number of benzene rings is 2. The Morgan fingerprint density at radius 2 is 2.05 bits per heavy atom. The van der Waals surface area contributed by atoms with E-state index in [0.29, 0.717) is 5.56 Å². The Bertz CT molecular complexity index is 710.